The molecule has 0 radical (unpaired) electrons. The van der Waals surface area contributed by atoms with Crippen LogP contribution >= 0.6 is 11.8 Å². The van der Waals surface area contributed by atoms with E-state index in [0.29, 0.717) is 17.5 Å². The molecule has 4 aliphatic carbocycles. The van der Waals surface area contributed by atoms with Gasteiger partial charge in [-0.2, -0.15) is 4.68 Å². The second kappa shape index (κ2) is 7.42. The van der Waals surface area contributed by atoms with Crippen molar-refractivity contribution >= 4 is 17.5 Å². The minimum atomic E-state index is -0.157. The summed E-state index contributed by atoms with van der Waals surface area (Å²) >= 11 is 1.48. The number of para-hydroxylation sites is 2. The fraction of sp³-hybridized carbons (Fsp3) is 0.636. The molecule has 29 heavy (non-hydrogen) atoms. The van der Waals surface area contributed by atoms with Gasteiger partial charge in [-0.1, -0.05) is 23.9 Å². The van der Waals surface area contributed by atoms with Crippen molar-refractivity contribution in [2.45, 2.75) is 62.8 Å². The summed E-state index contributed by atoms with van der Waals surface area (Å²) in [6.07, 6.45) is 7.34. The van der Waals surface area contributed by atoms with Gasteiger partial charge in [-0.05, 0) is 92.7 Å². The Labute approximate surface area is 175 Å². The van der Waals surface area contributed by atoms with E-state index in [2.05, 4.69) is 15.5 Å². The van der Waals surface area contributed by atoms with Gasteiger partial charge in [0, 0.05) is 5.41 Å². The van der Waals surface area contributed by atoms with Crippen molar-refractivity contribution in [3.63, 3.8) is 0 Å². The highest BCUT2D eigenvalue weighted by molar-refractivity contribution is 8.00. The van der Waals surface area contributed by atoms with Crippen molar-refractivity contribution in [1.82, 2.24) is 20.2 Å². The maximum Gasteiger partial charge on any atom is 0.214 e. The molecule has 0 saturated heterocycles. The molecular formula is C22H28N4O2S. The molecule has 1 heterocycles. The molecule has 0 N–H and O–H groups in total. The van der Waals surface area contributed by atoms with Crippen LogP contribution in [-0.4, -0.2) is 37.8 Å². The quantitative estimate of drug-likeness (QED) is 0.631. The van der Waals surface area contributed by atoms with E-state index < -0.39 is 0 Å². The van der Waals surface area contributed by atoms with E-state index in [1.807, 2.05) is 38.1 Å². The average molecular weight is 413 g/mol. The van der Waals surface area contributed by atoms with Crippen LogP contribution in [0.15, 0.2) is 29.4 Å². The van der Waals surface area contributed by atoms with E-state index >= 15 is 0 Å². The number of Topliss-reactive ketones (excluding diaryl/α,β-unsaturated/α-hetero) is 1. The lowest BCUT2D eigenvalue weighted by Crippen LogP contribution is -2.51. The third kappa shape index (κ3) is 3.37. The number of tetrazole rings is 1. The summed E-state index contributed by atoms with van der Waals surface area (Å²) in [4.78, 5) is 13.6. The van der Waals surface area contributed by atoms with Crippen molar-refractivity contribution in [2.24, 2.45) is 23.2 Å². The van der Waals surface area contributed by atoms with Gasteiger partial charge >= 0.3 is 0 Å². The monoisotopic (exact) mass is 412 g/mol. The molecule has 0 amide bonds. The number of ketones is 1. The molecule has 1 atom stereocenters. The minimum absolute atomic E-state index is 0.0946. The number of ether oxygens (including phenoxy) is 1. The molecule has 2 aromatic rings. The Morgan fingerprint density at radius 2 is 1.86 bits per heavy atom. The zero-order chi connectivity index (χ0) is 20.0. The second-order valence-electron chi connectivity index (χ2n) is 9.10. The Hall–Kier alpha value is -1.89. The summed E-state index contributed by atoms with van der Waals surface area (Å²) in [6, 6.07) is 7.73. The van der Waals surface area contributed by atoms with Crippen LogP contribution in [0, 0.1) is 23.2 Å². The molecular weight excluding hydrogens is 384 g/mol. The molecule has 6 rings (SSSR count). The van der Waals surface area contributed by atoms with Crippen LogP contribution in [0.3, 0.4) is 0 Å². The van der Waals surface area contributed by atoms with E-state index in [9.17, 15) is 4.79 Å². The average Bonchev–Trinajstić information content (AvgIpc) is 3.15. The van der Waals surface area contributed by atoms with Crippen LogP contribution in [0.2, 0.25) is 0 Å². The summed E-state index contributed by atoms with van der Waals surface area (Å²) in [6.45, 7) is 4.56. The molecule has 1 aromatic heterocycles. The van der Waals surface area contributed by atoms with Gasteiger partial charge < -0.3 is 4.74 Å². The largest absolute Gasteiger partial charge is 0.492 e. The number of aromatic nitrogens is 4. The van der Waals surface area contributed by atoms with Crippen molar-refractivity contribution in [1.29, 1.82) is 0 Å². The topological polar surface area (TPSA) is 69.9 Å². The van der Waals surface area contributed by atoms with Crippen molar-refractivity contribution in [3.8, 4) is 11.4 Å². The van der Waals surface area contributed by atoms with Gasteiger partial charge in [-0.15, -0.1) is 5.10 Å². The Morgan fingerprint density at radius 1 is 1.21 bits per heavy atom. The first-order valence-electron chi connectivity index (χ1n) is 10.8. The van der Waals surface area contributed by atoms with Gasteiger partial charge in [-0.25, -0.2) is 0 Å². The van der Waals surface area contributed by atoms with E-state index in [1.54, 1.807) is 4.68 Å². The van der Waals surface area contributed by atoms with Crippen LogP contribution in [-0.2, 0) is 4.79 Å². The fourth-order valence-electron chi connectivity index (χ4n) is 6.37. The molecule has 1 aromatic carbocycles. The maximum absolute atomic E-state index is 13.6. The van der Waals surface area contributed by atoms with Crippen LogP contribution in [0.5, 0.6) is 5.75 Å². The molecule has 0 aliphatic heterocycles. The smallest absolute Gasteiger partial charge is 0.214 e. The first kappa shape index (κ1) is 19.1. The Bertz CT molecular complexity index is 876. The fourth-order valence-corrected chi connectivity index (χ4v) is 7.36. The summed E-state index contributed by atoms with van der Waals surface area (Å²) < 4.78 is 7.43. The number of rotatable bonds is 7. The zero-order valence-electron chi connectivity index (χ0n) is 17.1. The Morgan fingerprint density at radius 3 is 2.52 bits per heavy atom. The maximum atomic E-state index is 13.6. The third-order valence-corrected chi connectivity index (χ3v) is 8.08. The molecule has 4 aliphatic rings. The van der Waals surface area contributed by atoms with Gasteiger partial charge in [-0.3, -0.25) is 4.79 Å². The summed E-state index contributed by atoms with van der Waals surface area (Å²) in [5, 5.41) is 12.8. The van der Waals surface area contributed by atoms with Crippen LogP contribution in [0.25, 0.3) is 5.69 Å². The molecule has 1 unspecified atom stereocenters. The number of thioether (sulfide) groups is 1. The third-order valence-electron chi connectivity index (χ3n) is 7.05. The molecule has 7 heteroatoms. The number of nitrogens with zero attached hydrogens (tertiary/aromatic N) is 4. The lowest BCUT2D eigenvalue weighted by molar-refractivity contribution is -0.142. The van der Waals surface area contributed by atoms with Gasteiger partial charge in [0.05, 0.1) is 11.9 Å². The van der Waals surface area contributed by atoms with E-state index in [0.717, 1.165) is 48.5 Å². The van der Waals surface area contributed by atoms with Gasteiger partial charge in [0.15, 0.2) is 5.78 Å². The minimum Gasteiger partial charge on any atom is -0.492 e. The summed E-state index contributed by atoms with van der Waals surface area (Å²) in [5.41, 5.74) is 0.708. The van der Waals surface area contributed by atoms with Crippen LogP contribution in [0.4, 0.5) is 0 Å². The normalized spacial score (nSPS) is 31.0. The van der Waals surface area contributed by atoms with Crippen LogP contribution < -0.4 is 4.74 Å². The van der Waals surface area contributed by atoms with E-state index in [1.165, 1.54) is 31.0 Å². The number of carbonyl (C=O) groups is 1. The number of hydrogen-bond donors (Lipinski definition) is 0. The highest BCUT2D eigenvalue weighted by Crippen LogP contribution is 2.61. The van der Waals surface area contributed by atoms with Crippen molar-refractivity contribution in [3.05, 3.63) is 24.3 Å². The number of hydrogen-bond acceptors (Lipinski definition) is 6. The highest BCUT2D eigenvalue weighted by atomic mass is 32.2. The molecule has 4 saturated carbocycles. The highest BCUT2D eigenvalue weighted by Gasteiger charge is 2.55. The lowest BCUT2D eigenvalue weighted by Gasteiger charge is -2.56. The van der Waals surface area contributed by atoms with Crippen molar-refractivity contribution < 1.29 is 9.53 Å². The summed E-state index contributed by atoms with van der Waals surface area (Å²) in [7, 11) is 0. The van der Waals surface area contributed by atoms with E-state index in [-0.39, 0.29) is 10.7 Å². The van der Waals surface area contributed by atoms with Gasteiger partial charge in [0.1, 0.15) is 11.4 Å². The first-order chi connectivity index (χ1) is 14.1. The number of carbonyl (C=O) groups excluding carboxylic acids is 1. The number of benzene rings is 1. The Balaban J connectivity index is 1.37. The first-order valence-corrected chi connectivity index (χ1v) is 11.7. The van der Waals surface area contributed by atoms with Crippen molar-refractivity contribution in [2.75, 3.05) is 6.61 Å². The molecule has 6 nitrogen and oxygen atoms in total. The predicted molar refractivity (Wildman–Crippen MR) is 111 cm³/mol. The zero-order valence-corrected chi connectivity index (χ0v) is 17.9. The van der Waals surface area contributed by atoms with E-state index in [4.69, 9.17) is 4.74 Å². The van der Waals surface area contributed by atoms with Crippen LogP contribution in [0.1, 0.15) is 52.4 Å². The molecule has 154 valence electrons. The molecule has 0 spiro atoms. The van der Waals surface area contributed by atoms with Gasteiger partial charge in [0.25, 0.3) is 0 Å². The molecule has 4 bridgehead atoms. The second-order valence-corrected chi connectivity index (χ2v) is 10.4. The van der Waals surface area contributed by atoms with Gasteiger partial charge in [0.2, 0.25) is 5.16 Å². The lowest BCUT2D eigenvalue weighted by atomic mass is 9.48. The summed E-state index contributed by atoms with van der Waals surface area (Å²) in [5.74, 6) is 3.46. The molecule has 4 fully saturated rings. The standard InChI is InChI=1S/C22H28N4O2S/c1-3-28-19-7-5-4-6-18(19)26-21(23-24-25-26)29-14(2)20(27)22-11-15-8-16(12-22)10-17(9-15)13-22/h4-7,14-17H,3,8-13H2,1-2H3. The predicted octanol–water partition coefficient (Wildman–Crippen LogP) is 4.33. The SMILES string of the molecule is CCOc1ccccc1-n1nnnc1SC(C)C(=O)C12CC3CC(CC(C3)C1)C2. The Kier molecular flexibility index (Phi) is 4.88.